The van der Waals surface area contributed by atoms with Gasteiger partial charge in [-0.15, -0.1) is 0 Å². The molecule has 210 valence electrons. The van der Waals surface area contributed by atoms with Gasteiger partial charge in [-0.1, -0.05) is 64.6 Å². The Morgan fingerprint density at radius 1 is 1.00 bits per heavy atom. The maximum absolute atomic E-state index is 13.7. The molecule has 38 heavy (non-hydrogen) atoms. The number of amides is 3. The van der Waals surface area contributed by atoms with E-state index in [9.17, 15) is 19.2 Å². The highest BCUT2D eigenvalue weighted by Crippen LogP contribution is 2.50. The van der Waals surface area contributed by atoms with Crippen LogP contribution in [-0.4, -0.2) is 46.9 Å². The van der Waals surface area contributed by atoms with Crippen molar-refractivity contribution in [2.75, 3.05) is 0 Å². The van der Waals surface area contributed by atoms with Crippen molar-refractivity contribution >= 4 is 23.7 Å². The van der Waals surface area contributed by atoms with Gasteiger partial charge >= 0.3 is 6.09 Å². The van der Waals surface area contributed by atoms with Gasteiger partial charge in [0.2, 0.25) is 11.8 Å². The lowest BCUT2D eigenvalue weighted by Crippen LogP contribution is -2.58. The predicted molar refractivity (Wildman–Crippen MR) is 148 cm³/mol. The van der Waals surface area contributed by atoms with Crippen molar-refractivity contribution in [1.29, 1.82) is 0 Å². The third kappa shape index (κ3) is 8.71. The van der Waals surface area contributed by atoms with Crippen LogP contribution in [0.4, 0.5) is 4.79 Å². The lowest BCUT2D eigenvalue weighted by molar-refractivity contribution is -0.132. The number of carbonyl (C=O) groups excluding carboxylic acids is 4. The molecule has 3 unspecified atom stereocenters. The number of hydrogen-bond donors (Lipinski definition) is 3. The summed E-state index contributed by atoms with van der Waals surface area (Å²) in [7, 11) is 0. The normalized spacial score (nSPS) is 20.3. The molecule has 0 saturated heterocycles. The van der Waals surface area contributed by atoms with Crippen LogP contribution >= 0.6 is 0 Å². The molecule has 0 heterocycles. The van der Waals surface area contributed by atoms with Crippen LogP contribution in [0, 0.1) is 17.8 Å². The van der Waals surface area contributed by atoms with Crippen LogP contribution in [-0.2, 0) is 25.5 Å². The molecule has 8 heteroatoms. The molecule has 2 rings (SSSR count). The number of hydrogen-bond acceptors (Lipinski definition) is 5. The van der Waals surface area contributed by atoms with Crippen molar-refractivity contribution in [3.05, 3.63) is 48.0 Å². The fraction of sp³-hybridized carbons (Fsp3) is 0.600. The van der Waals surface area contributed by atoms with Gasteiger partial charge in [-0.3, -0.25) is 14.4 Å². The second kappa shape index (κ2) is 12.6. The van der Waals surface area contributed by atoms with Crippen molar-refractivity contribution in [1.82, 2.24) is 16.0 Å². The number of alkyl carbamates (subject to hydrolysis) is 1. The molecule has 8 nitrogen and oxygen atoms in total. The molecule has 0 bridgehead atoms. The van der Waals surface area contributed by atoms with Crippen LogP contribution in [0.25, 0.3) is 0 Å². The van der Waals surface area contributed by atoms with Crippen LogP contribution in [0.1, 0.15) is 73.8 Å². The molecule has 1 aliphatic rings. The first-order valence-electron chi connectivity index (χ1n) is 13.4. The van der Waals surface area contributed by atoms with Crippen LogP contribution in [0.5, 0.6) is 0 Å². The minimum atomic E-state index is -1.01. The van der Waals surface area contributed by atoms with Crippen molar-refractivity contribution in [2.24, 2.45) is 17.8 Å². The SMILES string of the molecule is C=C(C)C(=O)C1(NC(=O)C(Cc2ccccc2)NC(=O)[C@H](CC(C)C)NC(=O)OC(C)(C)C)CC1C(C)C. The van der Waals surface area contributed by atoms with E-state index in [1.807, 2.05) is 58.0 Å². The molecule has 4 atom stereocenters. The van der Waals surface area contributed by atoms with Crippen LogP contribution in [0.15, 0.2) is 42.5 Å². The summed E-state index contributed by atoms with van der Waals surface area (Å²) in [5.74, 6) is -0.839. The Balaban J connectivity index is 2.30. The molecule has 0 spiro atoms. The Kier molecular flexibility index (Phi) is 10.3. The molecule has 3 N–H and O–H groups in total. The Hall–Kier alpha value is -3.16. The van der Waals surface area contributed by atoms with Gasteiger partial charge < -0.3 is 20.7 Å². The molecule has 1 aromatic carbocycles. The zero-order chi connectivity index (χ0) is 28.8. The first-order chi connectivity index (χ1) is 17.6. The molecule has 1 saturated carbocycles. The monoisotopic (exact) mass is 527 g/mol. The van der Waals surface area contributed by atoms with E-state index in [0.29, 0.717) is 18.4 Å². The maximum atomic E-state index is 13.7. The number of ether oxygens (including phenoxy) is 1. The van der Waals surface area contributed by atoms with Gasteiger partial charge in [0.05, 0.1) is 0 Å². The second-order valence-corrected chi connectivity index (χ2v) is 12.2. The summed E-state index contributed by atoms with van der Waals surface area (Å²) in [4.78, 5) is 52.7. The fourth-order valence-electron chi connectivity index (χ4n) is 4.73. The topological polar surface area (TPSA) is 114 Å². The van der Waals surface area contributed by atoms with E-state index >= 15 is 0 Å². The first-order valence-corrected chi connectivity index (χ1v) is 13.4. The van der Waals surface area contributed by atoms with E-state index in [0.717, 1.165) is 5.56 Å². The third-order valence-electron chi connectivity index (χ3n) is 6.59. The molecular formula is C30H45N3O5. The summed E-state index contributed by atoms with van der Waals surface area (Å²) in [6.07, 6.45) is 0.414. The van der Waals surface area contributed by atoms with Gasteiger partial charge in [0, 0.05) is 6.42 Å². The van der Waals surface area contributed by atoms with Crippen LogP contribution in [0.2, 0.25) is 0 Å². The lowest BCUT2D eigenvalue weighted by atomic mass is 9.96. The lowest BCUT2D eigenvalue weighted by Gasteiger charge is -2.27. The Bertz CT molecular complexity index is 1030. The summed E-state index contributed by atoms with van der Waals surface area (Å²) in [6, 6.07) is 7.49. The summed E-state index contributed by atoms with van der Waals surface area (Å²) in [5, 5.41) is 8.49. The molecule has 1 aliphatic carbocycles. The smallest absolute Gasteiger partial charge is 0.408 e. The first kappa shape index (κ1) is 31.1. The van der Waals surface area contributed by atoms with E-state index in [1.165, 1.54) is 0 Å². The zero-order valence-electron chi connectivity index (χ0n) is 24.1. The molecule has 1 aromatic rings. The van der Waals surface area contributed by atoms with Crippen molar-refractivity contribution in [3.8, 4) is 0 Å². The second-order valence-electron chi connectivity index (χ2n) is 12.2. The van der Waals surface area contributed by atoms with Gasteiger partial charge in [-0.2, -0.15) is 0 Å². The van der Waals surface area contributed by atoms with Crippen molar-refractivity contribution in [2.45, 2.75) is 97.9 Å². The van der Waals surface area contributed by atoms with Crippen molar-refractivity contribution < 1.29 is 23.9 Å². The third-order valence-corrected chi connectivity index (χ3v) is 6.59. The van der Waals surface area contributed by atoms with E-state index in [-0.39, 0.29) is 30.0 Å². The Labute approximate surface area is 227 Å². The van der Waals surface area contributed by atoms with Gasteiger partial charge in [0.1, 0.15) is 23.2 Å². The van der Waals surface area contributed by atoms with Gasteiger partial charge in [0.15, 0.2) is 5.78 Å². The van der Waals surface area contributed by atoms with Crippen molar-refractivity contribution in [3.63, 3.8) is 0 Å². The molecule has 0 aliphatic heterocycles. The Morgan fingerprint density at radius 3 is 2.08 bits per heavy atom. The van der Waals surface area contributed by atoms with Crippen LogP contribution < -0.4 is 16.0 Å². The number of carbonyl (C=O) groups is 4. The van der Waals surface area contributed by atoms with Gasteiger partial charge in [0.25, 0.3) is 0 Å². The number of nitrogens with one attached hydrogen (secondary N) is 3. The summed E-state index contributed by atoms with van der Waals surface area (Å²) in [5.41, 5.74) is -0.497. The molecule has 0 radical (unpaired) electrons. The number of Topliss-reactive ketones (excluding diaryl/α,β-unsaturated/α-hetero) is 1. The largest absolute Gasteiger partial charge is 0.444 e. The average molecular weight is 528 g/mol. The Morgan fingerprint density at radius 2 is 1.61 bits per heavy atom. The number of benzene rings is 1. The highest BCUT2D eigenvalue weighted by molar-refractivity contribution is 6.07. The zero-order valence-corrected chi connectivity index (χ0v) is 24.1. The molecule has 0 aromatic heterocycles. The van der Waals surface area contributed by atoms with E-state index < -0.39 is 41.1 Å². The average Bonchev–Trinajstić information content (AvgIpc) is 3.52. The van der Waals surface area contributed by atoms with Gasteiger partial charge in [-0.05, 0) is 69.4 Å². The fourth-order valence-corrected chi connectivity index (χ4v) is 4.73. The highest BCUT2D eigenvalue weighted by Gasteiger charge is 2.61. The van der Waals surface area contributed by atoms with Gasteiger partial charge in [-0.25, -0.2) is 4.79 Å². The maximum Gasteiger partial charge on any atom is 0.408 e. The molecular weight excluding hydrogens is 482 g/mol. The summed E-state index contributed by atoms with van der Waals surface area (Å²) >= 11 is 0. The summed E-state index contributed by atoms with van der Waals surface area (Å²) in [6.45, 7) is 18.6. The van der Waals surface area contributed by atoms with E-state index in [2.05, 4.69) is 22.5 Å². The quantitative estimate of drug-likeness (QED) is 0.350. The predicted octanol–water partition coefficient (Wildman–Crippen LogP) is 4.33. The summed E-state index contributed by atoms with van der Waals surface area (Å²) < 4.78 is 5.35. The highest BCUT2D eigenvalue weighted by atomic mass is 16.6. The van der Waals surface area contributed by atoms with Crippen LogP contribution in [0.3, 0.4) is 0 Å². The minimum absolute atomic E-state index is 0.00810. The number of rotatable bonds is 12. The number of ketones is 1. The molecule has 3 amide bonds. The minimum Gasteiger partial charge on any atom is -0.444 e. The molecule has 1 fully saturated rings. The van der Waals surface area contributed by atoms with E-state index in [1.54, 1.807) is 27.7 Å². The van der Waals surface area contributed by atoms with E-state index in [4.69, 9.17) is 4.74 Å². The standard InChI is InChI=1S/C30H45N3O5/c1-18(2)15-23(32-28(37)38-29(7,8)9)26(35)31-24(16-21-13-11-10-12-14-21)27(36)33-30(25(34)20(5)6)17-22(30)19(3)4/h10-14,18-19,22-24H,5,15-17H2,1-4,6-9H3,(H,31,35)(H,32,37)(H,33,36)/t22?,23-,24?,30?/m0/s1.